The molecule has 0 N–H and O–H groups in total. The van der Waals surface area contributed by atoms with Crippen molar-refractivity contribution in [1.82, 2.24) is 24.7 Å². The first kappa shape index (κ1) is 42.5. The predicted molar refractivity (Wildman–Crippen MR) is 230 cm³/mol. The summed E-state index contributed by atoms with van der Waals surface area (Å²) in [6.45, 7) is 8.21. The van der Waals surface area contributed by atoms with Crippen molar-refractivity contribution in [3.8, 4) is 12.1 Å². The van der Waals surface area contributed by atoms with Gasteiger partial charge in [-0.15, -0.1) is 0 Å². The fourth-order valence-electron chi connectivity index (χ4n) is 8.80. The summed E-state index contributed by atoms with van der Waals surface area (Å²) in [5.41, 5.74) is 4.26. The van der Waals surface area contributed by atoms with Gasteiger partial charge >= 0.3 is 6.01 Å². The van der Waals surface area contributed by atoms with E-state index >= 15 is 0 Å². The Kier molecular flexibility index (Phi) is 14.0. The third-order valence-electron chi connectivity index (χ3n) is 12.3. The molecule has 1 aromatic heterocycles. The van der Waals surface area contributed by atoms with E-state index in [9.17, 15) is 14.9 Å². The number of imide groups is 1. The fraction of sp³-hybridized carbons (Fsp3) is 0.500. The molecular formula is C46H56N8O7. The number of aromatic nitrogens is 2. The molecule has 4 aromatic rings. The Hall–Kier alpha value is -5.21. The van der Waals surface area contributed by atoms with Gasteiger partial charge in [0.25, 0.3) is 11.8 Å². The summed E-state index contributed by atoms with van der Waals surface area (Å²) < 4.78 is 29.6. The minimum atomic E-state index is -0.277. The van der Waals surface area contributed by atoms with Crippen LogP contribution >= 0.6 is 0 Å². The Morgan fingerprint density at radius 1 is 0.738 bits per heavy atom. The second-order valence-electron chi connectivity index (χ2n) is 16.1. The van der Waals surface area contributed by atoms with Gasteiger partial charge < -0.3 is 33.5 Å². The van der Waals surface area contributed by atoms with E-state index in [1.165, 1.54) is 26.9 Å². The maximum atomic E-state index is 12.5. The van der Waals surface area contributed by atoms with Gasteiger partial charge in [0, 0.05) is 61.4 Å². The number of nitriles is 1. The lowest BCUT2D eigenvalue weighted by Crippen LogP contribution is -2.52. The minimum Gasteiger partial charge on any atom is -0.462 e. The first-order chi connectivity index (χ1) is 29.9. The first-order valence-electron chi connectivity index (χ1n) is 21.5. The van der Waals surface area contributed by atoms with E-state index in [1.807, 2.05) is 0 Å². The summed E-state index contributed by atoms with van der Waals surface area (Å²) in [5, 5.41) is 12.0. The van der Waals surface area contributed by atoms with Gasteiger partial charge in [0.1, 0.15) is 12.4 Å². The molecule has 61 heavy (non-hydrogen) atoms. The number of amides is 2. The van der Waals surface area contributed by atoms with Crippen molar-refractivity contribution in [3.63, 3.8) is 0 Å². The molecule has 2 saturated heterocycles. The highest BCUT2D eigenvalue weighted by atomic mass is 16.6. The number of piperazine rings is 1. The number of carbonyl (C=O) groups is 2. The monoisotopic (exact) mass is 832 g/mol. The van der Waals surface area contributed by atoms with Crippen LogP contribution in [0.3, 0.4) is 0 Å². The Bertz CT molecular complexity index is 2160. The van der Waals surface area contributed by atoms with Gasteiger partial charge in [-0.3, -0.25) is 24.3 Å². The smallest absolute Gasteiger partial charge is 0.318 e. The van der Waals surface area contributed by atoms with E-state index < -0.39 is 0 Å². The van der Waals surface area contributed by atoms with Crippen LogP contribution in [0, 0.1) is 11.3 Å². The molecule has 4 aliphatic heterocycles. The molecule has 3 aromatic carbocycles. The molecule has 2 fully saturated rings. The van der Waals surface area contributed by atoms with E-state index in [0.29, 0.717) is 76.4 Å². The van der Waals surface area contributed by atoms with Crippen LogP contribution in [0.5, 0.6) is 6.01 Å². The number of benzene rings is 3. The first-order valence-corrected chi connectivity index (χ1v) is 21.5. The molecule has 0 radical (unpaired) electrons. The van der Waals surface area contributed by atoms with Crippen molar-refractivity contribution in [2.24, 2.45) is 0 Å². The van der Waals surface area contributed by atoms with E-state index in [2.05, 4.69) is 82.2 Å². The van der Waals surface area contributed by atoms with E-state index in [-0.39, 0.29) is 43.2 Å². The molecule has 0 spiro atoms. The molecule has 15 heteroatoms. The van der Waals surface area contributed by atoms with Crippen molar-refractivity contribution in [3.05, 3.63) is 89.1 Å². The van der Waals surface area contributed by atoms with E-state index in [0.717, 1.165) is 57.1 Å². The zero-order valence-corrected chi connectivity index (χ0v) is 35.2. The normalized spacial score (nSPS) is 20.7. The molecule has 4 aliphatic rings. The lowest BCUT2D eigenvalue weighted by Gasteiger charge is -2.41. The lowest BCUT2D eigenvalue weighted by molar-refractivity contribution is -0.0167. The number of rotatable bonds is 19. The van der Waals surface area contributed by atoms with Crippen LogP contribution in [0.15, 0.2) is 66.7 Å². The highest BCUT2D eigenvalue weighted by molar-refractivity contribution is 6.21. The number of fused-ring (bicyclic) bond motifs is 3. The van der Waals surface area contributed by atoms with Crippen LogP contribution < -0.4 is 14.5 Å². The molecule has 3 atom stereocenters. The van der Waals surface area contributed by atoms with Crippen molar-refractivity contribution in [1.29, 1.82) is 5.26 Å². The summed E-state index contributed by atoms with van der Waals surface area (Å²) in [5.74, 6) is 0.381. The highest BCUT2D eigenvalue weighted by Gasteiger charge is 2.35. The summed E-state index contributed by atoms with van der Waals surface area (Å²) in [6, 6.07) is 24.9. The van der Waals surface area contributed by atoms with Gasteiger partial charge in [-0.25, -0.2) is 0 Å². The topological polar surface area (TPSA) is 146 Å². The Morgan fingerprint density at radius 3 is 2.21 bits per heavy atom. The largest absolute Gasteiger partial charge is 0.462 e. The fourth-order valence-corrected chi connectivity index (χ4v) is 8.80. The van der Waals surface area contributed by atoms with Crippen LogP contribution in [-0.2, 0) is 31.9 Å². The molecule has 2 amide bonds. The number of likely N-dealkylation sites (tertiary alicyclic amines) is 1. The van der Waals surface area contributed by atoms with Crippen LogP contribution in [0.25, 0.3) is 10.8 Å². The number of nitrogens with zero attached hydrogens (tertiary/aromatic N) is 8. The second-order valence-corrected chi connectivity index (χ2v) is 16.1. The van der Waals surface area contributed by atoms with Crippen molar-refractivity contribution < 1.29 is 33.3 Å². The van der Waals surface area contributed by atoms with E-state index in [4.69, 9.17) is 33.7 Å². The van der Waals surface area contributed by atoms with Gasteiger partial charge in [0.2, 0.25) is 0 Å². The summed E-state index contributed by atoms with van der Waals surface area (Å²) in [7, 11) is 4.19. The van der Waals surface area contributed by atoms with Gasteiger partial charge in [-0.1, -0.05) is 48.5 Å². The molecule has 0 bridgehead atoms. The van der Waals surface area contributed by atoms with Gasteiger partial charge in [-0.2, -0.15) is 15.2 Å². The average Bonchev–Trinajstić information content (AvgIpc) is 3.76. The third kappa shape index (κ3) is 9.96. The quantitative estimate of drug-likeness (QED) is 0.0990. The van der Waals surface area contributed by atoms with Crippen molar-refractivity contribution >= 4 is 34.1 Å². The number of hydrogen-bond donors (Lipinski definition) is 0. The standard InChI is InChI=1S/C46H56N8O7/c1-50-18-19-53(29-34(50)14-16-47)43-40-15-17-52(42-13-7-9-33-8-3-4-10-37(33)42)31-41(40)48-46(49-43)61-32-35-28-36(30-51(35)2)60-27-26-59-25-24-58-23-22-57-21-20-54-44(55)38-11-5-6-12-39(38)45(54)56/h3-13,34-36H,14-15,17-32H2,1-2H3/t34-,35-,36+/m0/s1. The van der Waals surface area contributed by atoms with Crippen molar-refractivity contribution in [2.45, 2.75) is 44.0 Å². The Morgan fingerprint density at radius 2 is 1.44 bits per heavy atom. The maximum absolute atomic E-state index is 12.5. The number of anilines is 2. The molecule has 0 unspecified atom stereocenters. The summed E-state index contributed by atoms with van der Waals surface area (Å²) in [6.07, 6.45) is 2.19. The van der Waals surface area contributed by atoms with Crippen LogP contribution in [0.1, 0.15) is 44.8 Å². The van der Waals surface area contributed by atoms with Gasteiger partial charge in [-0.05, 0) is 50.5 Å². The molecule has 15 nitrogen and oxygen atoms in total. The number of ether oxygens (including phenoxy) is 5. The average molecular weight is 833 g/mol. The highest BCUT2D eigenvalue weighted by Crippen LogP contribution is 2.35. The molecule has 8 rings (SSSR count). The zero-order valence-electron chi connectivity index (χ0n) is 35.2. The Labute approximate surface area is 357 Å². The van der Waals surface area contributed by atoms with Crippen molar-refractivity contribution in [2.75, 3.05) is 116 Å². The van der Waals surface area contributed by atoms with Gasteiger partial charge in [0.15, 0.2) is 0 Å². The van der Waals surface area contributed by atoms with Crippen LogP contribution in [0.4, 0.5) is 11.5 Å². The number of carbonyl (C=O) groups excluding carboxylic acids is 2. The molecule has 5 heterocycles. The Balaban J connectivity index is 0.773. The number of likely N-dealkylation sites (N-methyl/N-ethyl adjacent to an activating group) is 2. The zero-order chi connectivity index (χ0) is 42.1. The number of hydrogen-bond acceptors (Lipinski definition) is 14. The summed E-state index contributed by atoms with van der Waals surface area (Å²) >= 11 is 0. The third-order valence-corrected chi connectivity index (χ3v) is 12.3. The molecule has 0 aliphatic carbocycles. The minimum absolute atomic E-state index is 0.0626. The van der Waals surface area contributed by atoms with Gasteiger partial charge in [0.05, 0.1) is 94.8 Å². The van der Waals surface area contributed by atoms with E-state index in [1.54, 1.807) is 24.3 Å². The molecular weight excluding hydrogens is 777 g/mol. The van der Waals surface area contributed by atoms with Crippen LogP contribution in [-0.4, -0.2) is 161 Å². The summed E-state index contributed by atoms with van der Waals surface area (Å²) in [4.78, 5) is 45.6. The predicted octanol–water partition coefficient (Wildman–Crippen LogP) is 4.04. The molecule has 322 valence electrons. The lowest BCUT2D eigenvalue weighted by atomic mass is 10.0. The SMILES string of the molecule is CN1CCN(c2nc(OC[C@@H]3C[C@@H](OCCOCCOCCOCCN4C(=O)c5ccccc5C4=O)CN3C)nc3c2CCN(c2cccc4ccccc24)C3)C[C@@H]1CC#N. The molecule has 0 saturated carbocycles. The van der Waals surface area contributed by atoms with Crippen LogP contribution in [0.2, 0.25) is 0 Å². The second kappa shape index (κ2) is 20.1. The maximum Gasteiger partial charge on any atom is 0.318 e.